The maximum atomic E-state index is 6.09. The van der Waals surface area contributed by atoms with Crippen LogP contribution in [0.1, 0.15) is 0 Å². The van der Waals surface area contributed by atoms with E-state index in [1.165, 1.54) is 42.4 Å². The van der Waals surface area contributed by atoms with E-state index in [0.717, 1.165) is 38.6 Å². The zero-order valence-electron chi connectivity index (χ0n) is 22.4. The lowest BCUT2D eigenvalue weighted by molar-refractivity contribution is 0.655. The van der Waals surface area contributed by atoms with Crippen LogP contribution in [0.4, 0.5) is 0 Å². The molecule has 3 nitrogen and oxygen atoms in total. The van der Waals surface area contributed by atoms with E-state index < -0.39 is 0 Å². The van der Waals surface area contributed by atoms with Gasteiger partial charge in [0.05, 0.1) is 11.0 Å². The van der Waals surface area contributed by atoms with Gasteiger partial charge in [-0.1, -0.05) is 91.0 Å². The van der Waals surface area contributed by atoms with Gasteiger partial charge >= 0.3 is 0 Å². The third-order valence-electron chi connectivity index (χ3n) is 8.09. The SMILES string of the molecule is c1ccc(-c2ccc3sc4c(-c5cccc(-c6ccc7oc8nc9ccccc9nc8c7c6)c5)cccc4c3c2)cc1. The lowest BCUT2D eigenvalue weighted by atomic mass is 9.97. The molecule has 3 aromatic heterocycles. The molecule has 0 spiro atoms. The summed E-state index contributed by atoms with van der Waals surface area (Å²) in [5.74, 6) is 0. The Morgan fingerprint density at radius 2 is 1.17 bits per heavy atom. The van der Waals surface area contributed by atoms with Gasteiger partial charge in [-0.3, -0.25) is 0 Å². The lowest BCUT2D eigenvalue weighted by Gasteiger charge is -2.08. The molecule has 0 saturated heterocycles. The third-order valence-corrected chi connectivity index (χ3v) is 9.31. The lowest BCUT2D eigenvalue weighted by Crippen LogP contribution is -1.84. The molecule has 4 heteroatoms. The highest BCUT2D eigenvalue weighted by molar-refractivity contribution is 7.26. The average Bonchev–Trinajstić information content (AvgIpc) is 3.61. The fourth-order valence-corrected chi connectivity index (χ4v) is 7.24. The first-order valence-electron chi connectivity index (χ1n) is 14.0. The molecule has 0 atom stereocenters. The summed E-state index contributed by atoms with van der Waals surface area (Å²) in [6.07, 6.45) is 0. The fourth-order valence-electron chi connectivity index (χ4n) is 6.02. The van der Waals surface area contributed by atoms with Crippen molar-refractivity contribution >= 4 is 64.7 Å². The topological polar surface area (TPSA) is 38.9 Å². The van der Waals surface area contributed by atoms with E-state index in [9.17, 15) is 0 Å². The number of fused-ring (bicyclic) bond motifs is 7. The Labute approximate surface area is 245 Å². The zero-order chi connectivity index (χ0) is 27.6. The van der Waals surface area contributed by atoms with E-state index in [1.807, 2.05) is 41.7 Å². The molecule has 6 aromatic carbocycles. The molecule has 9 rings (SSSR count). The Morgan fingerprint density at radius 1 is 0.476 bits per heavy atom. The van der Waals surface area contributed by atoms with Gasteiger partial charge in [0.2, 0.25) is 5.71 Å². The van der Waals surface area contributed by atoms with Crippen LogP contribution >= 0.6 is 11.3 Å². The average molecular weight is 555 g/mol. The van der Waals surface area contributed by atoms with Crippen LogP contribution in [-0.2, 0) is 0 Å². The van der Waals surface area contributed by atoms with Gasteiger partial charge in [-0.15, -0.1) is 11.3 Å². The molecule has 0 bridgehead atoms. The van der Waals surface area contributed by atoms with Crippen LogP contribution in [0.15, 0.2) is 138 Å². The van der Waals surface area contributed by atoms with Gasteiger partial charge in [0, 0.05) is 25.6 Å². The van der Waals surface area contributed by atoms with Gasteiger partial charge in [0.15, 0.2) is 0 Å². The minimum atomic E-state index is 0.571. The molecule has 3 heterocycles. The minimum Gasteiger partial charge on any atom is -0.436 e. The van der Waals surface area contributed by atoms with E-state index in [2.05, 4.69) is 103 Å². The van der Waals surface area contributed by atoms with Gasteiger partial charge in [-0.25, -0.2) is 9.97 Å². The molecule has 0 N–H and O–H groups in total. The van der Waals surface area contributed by atoms with E-state index in [1.54, 1.807) is 0 Å². The standard InChI is InChI=1S/C38H22N2OS/c1-2-8-23(9-3-1)25-17-19-35-30(21-25)29-13-7-12-28(37(29)42-35)27-11-6-10-24(20-27)26-16-18-34-31(22-26)36-38(41-34)40-33-15-5-4-14-32(33)39-36/h1-22H. The molecule has 0 aliphatic heterocycles. The van der Waals surface area contributed by atoms with Crippen molar-refractivity contribution in [1.82, 2.24) is 9.97 Å². The minimum absolute atomic E-state index is 0.571. The summed E-state index contributed by atoms with van der Waals surface area (Å²) in [6.45, 7) is 0. The Hall–Kier alpha value is -5.32. The van der Waals surface area contributed by atoms with Crippen molar-refractivity contribution in [3.63, 3.8) is 0 Å². The number of para-hydroxylation sites is 2. The largest absolute Gasteiger partial charge is 0.436 e. The molecule has 196 valence electrons. The van der Waals surface area contributed by atoms with Gasteiger partial charge in [0.1, 0.15) is 11.1 Å². The summed E-state index contributed by atoms with van der Waals surface area (Å²) in [7, 11) is 0. The third kappa shape index (κ3) is 3.66. The highest BCUT2D eigenvalue weighted by atomic mass is 32.1. The maximum Gasteiger partial charge on any atom is 0.246 e. The second kappa shape index (κ2) is 9.10. The van der Waals surface area contributed by atoms with Crippen molar-refractivity contribution in [3.8, 4) is 33.4 Å². The van der Waals surface area contributed by atoms with Crippen molar-refractivity contribution < 1.29 is 4.42 Å². The number of hydrogen-bond donors (Lipinski definition) is 0. The van der Waals surface area contributed by atoms with E-state index in [0.29, 0.717) is 5.71 Å². The Balaban J connectivity index is 1.17. The number of nitrogens with zero attached hydrogens (tertiary/aromatic N) is 2. The Kier molecular flexibility index (Phi) is 5.07. The maximum absolute atomic E-state index is 6.09. The molecule has 0 unspecified atom stereocenters. The highest BCUT2D eigenvalue weighted by Crippen LogP contribution is 2.42. The van der Waals surface area contributed by atoms with E-state index >= 15 is 0 Å². The van der Waals surface area contributed by atoms with Crippen LogP contribution in [0.5, 0.6) is 0 Å². The van der Waals surface area contributed by atoms with E-state index in [4.69, 9.17) is 14.4 Å². The van der Waals surface area contributed by atoms with Crippen LogP contribution < -0.4 is 0 Å². The number of benzene rings is 6. The Morgan fingerprint density at radius 3 is 2.07 bits per heavy atom. The van der Waals surface area contributed by atoms with Crippen molar-refractivity contribution in [2.75, 3.05) is 0 Å². The summed E-state index contributed by atoms with van der Waals surface area (Å²) < 4.78 is 8.70. The number of furan rings is 1. The summed E-state index contributed by atoms with van der Waals surface area (Å²) in [6, 6.07) is 47.2. The molecule has 0 fully saturated rings. The van der Waals surface area contributed by atoms with Crippen LogP contribution in [0.2, 0.25) is 0 Å². The van der Waals surface area contributed by atoms with Gasteiger partial charge < -0.3 is 4.42 Å². The normalized spacial score (nSPS) is 11.8. The van der Waals surface area contributed by atoms with Crippen molar-refractivity contribution in [1.29, 1.82) is 0 Å². The van der Waals surface area contributed by atoms with Crippen LogP contribution in [0.3, 0.4) is 0 Å². The number of hydrogen-bond acceptors (Lipinski definition) is 4. The first-order valence-corrected chi connectivity index (χ1v) is 14.8. The number of aromatic nitrogens is 2. The molecule has 0 amide bonds. The van der Waals surface area contributed by atoms with E-state index in [-0.39, 0.29) is 0 Å². The molecular formula is C38H22N2OS. The smallest absolute Gasteiger partial charge is 0.246 e. The van der Waals surface area contributed by atoms with Crippen LogP contribution in [0, 0.1) is 0 Å². The summed E-state index contributed by atoms with van der Waals surface area (Å²) in [5.41, 5.74) is 11.1. The van der Waals surface area contributed by atoms with Gasteiger partial charge in [-0.2, -0.15) is 0 Å². The van der Waals surface area contributed by atoms with Crippen molar-refractivity contribution in [3.05, 3.63) is 133 Å². The zero-order valence-corrected chi connectivity index (χ0v) is 23.2. The molecule has 42 heavy (non-hydrogen) atoms. The van der Waals surface area contributed by atoms with Gasteiger partial charge in [0.25, 0.3) is 0 Å². The number of thiophene rings is 1. The predicted molar refractivity (Wildman–Crippen MR) is 176 cm³/mol. The molecule has 0 radical (unpaired) electrons. The molecule has 0 aliphatic rings. The van der Waals surface area contributed by atoms with Crippen molar-refractivity contribution in [2.24, 2.45) is 0 Å². The fraction of sp³-hybridized carbons (Fsp3) is 0. The van der Waals surface area contributed by atoms with Crippen molar-refractivity contribution in [2.45, 2.75) is 0 Å². The molecule has 9 aromatic rings. The molecular weight excluding hydrogens is 532 g/mol. The first kappa shape index (κ1) is 23.4. The molecule has 0 aliphatic carbocycles. The second-order valence-corrected chi connectivity index (χ2v) is 11.7. The second-order valence-electron chi connectivity index (χ2n) is 10.6. The highest BCUT2D eigenvalue weighted by Gasteiger charge is 2.15. The quantitative estimate of drug-likeness (QED) is 0.218. The predicted octanol–water partition coefficient (Wildman–Crippen LogP) is 10.9. The summed E-state index contributed by atoms with van der Waals surface area (Å²) in [5, 5.41) is 3.58. The monoisotopic (exact) mass is 554 g/mol. The first-order chi connectivity index (χ1) is 20.8. The summed E-state index contributed by atoms with van der Waals surface area (Å²) in [4.78, 5) is 9.60. The summed E-state index contributed by atoms with van der Waals surface area (Å²) >= 11 is 1.87. The molecule has 0 saturated carbocycles. The Bertz CT molecular complexity index is 2470. The van der Waals surface area contributed by atoms with Crippen LogP contribution in [0.25, 0.3) is 86.8 Å². The van der Waals surface area contributed by atoms with Gasteiger partial charge in [-0.05, 0) is 75.8 Å². The van der Waals surface area contributed by atoms with Crippen LogP contribution in [-0.4, -0.2) is 9.97 Å². The number of rotatable bonds is 3.